The lowest BCUT2D eigenvalue weighted by Crippen LogP contribution is -2.18. The molecule has 0 bridgehead atoms. The highest BCUT2D eigenvalue weighted by Crippen LogP contribution is 2.28. The molecule has 4 aromatic rings. The Bertz CT molecular complexity index is 1270. The highest BCUT2D eigenvalue weighted by Gasteiger charge is 2.24. The Morgan fingerprint density at radius 3 is 2.52 bits per heavy atom. The first-order chi connectivity index (χ1) is 13.9. The van der Waals surface area contributed by atoms with Crippen molar-refractivity contribution in [3.63, 3.8) is 0 Å². The van der Waals surface area contributed by atoms with E-state index in [-0.39, 0.29) is 5.13 Å². The van der Waals surface area contributed by atoms with Gasteiger partial charge in [-0.05, 0) is 29.0 Å². The maximum atomic E-state index is 13.8. The average molecular weight is 410 g/mol. The van der Waals surface area contributed by atoms with Crippen molar-refractivity contribution in [3.05, 3.63) is 82.7 Å². The number of halogens is 2. The summed E-state index contributed by atoms with van der Waals surface area (Å²) < 4.78 is 27.1. The first-order valence-electron chi connectivity index (χ1n) is 8.41. The van der Waals surface area contributed by atoms with Gasteiger partial charge in [-0.15, -0.1) is 11.3 Å². The number of rotatable bonds is 4. The van der Waals surface area contributed by atoms with Crippen molar-refractivity contribution in [2.24, 2.45) is 0 Å². The number of carboxylic acids is 1. The molecule has 0 saturated carbocycles. The lowest BCUT2D eigenvalue weighted by Gasteiger charge is -2.07. The summed E-state index contributed by atoms with van der Waals surface area (Å²) in [7, 11) is 0. The number of hydrogen-bond donors (Lipinski definition) is 2. The van der Waals surface area contributed by atoms with Gasteiger partial charge >= 0.3 is 5.97 Å². The Kier molecular flexibility index (Phi) is 4.77. The van der Waals surface area contributed by atoms with Gasteiger partial charge in [0.25, 0.3) is 5.91 Å². The molecule has 2 N–H and O–H groups in total. The molecule has 0 spiro atoms. The maximum absolute atomic E-state index is 13.8. The number of thiazole rings is 1. The smallest absolute Gasteiger partial charge is 0.339 e. The number of anilines is 1. The van der Waals surface area contributed by atoms with Crippen molar-refractivity contribution >= 4 is 39.1 Å². The minimum absolute atomic E-state index is 0.208. The topological polar surface area (TPSA) is 79.3 Å². The van der Waals surface area contributed by atoms with Crippen molar-refractivity contribution in [2.45, 2.75) is 0 Å². The standard InChI is InChI=1S/C21H12F2N2O3S/c22-15-8-7-14(17(18(15)23)20(27)28)19(26)25-21-24-16(10-29-21)13-6-5-11-3-1-2-4-12(11)9-13/h1-10H,(H,27,28)(H,24,25,26). The van der Waals surface area contributed by atoms with Crippen LogP contribution in [0.1, 0.15) is 20.7 Å². The molecule has 4 rings (SSSR count). The molecule has 0 fully saturated rings. The fraction of sp³-hybridized carbons (Fsp3) is 0. The fourth-order valence-electron chi connectivity index (χ4n) is 2.93. The van der Waals surface area contributed by atoms with Crippen LogP contribution in [0.5, 0.6) is 0 Å². The molecule has 0 aliphatic carbocycles. The quantitative estimate of drug-likeness (QED) is 0.485. The third kappa shape index (κ3) is 3.57. The molecule has 0 aliphatic heterocycles. The zero-order valence-electron chi connectivity index (χ0n) is 14.6. The lowest BCUT2D eigenvalue weighted by atomic mass is 10.1. The van der Waals surface area contributed by atoms with E-state index in [1.807, 2.05) is 42.5 Å². The van der Waals surface area contributed by atoms with Crippen LogP contribution in [0.4, 0.5) is 13.9 Å². The second-order valence-corrected chi connectivity index (χ2v) is 7.00. The monoisotopic (exact) mass is 410 g/mol. The van der Waals surface area contributed by atoms with Crippen LogP contribution in [0, 0.1) is 11.6 Å². The lowest BCUT2D eigenvalue weighted by molar-refractivity contribution is 0.0686. The number of hydrogen-bond acceptors (Lipinski definition) is 4. The summed E-state index contributed by atoms with van der Waals surface area (Å²) in [6, 6.07) is 15.3. The Morgan fingerprint density at radius 1 is 1.00 bits per heavy atom. The van der Waals surface area contributed by atoms with Gasteiger partial charge in [-0.3, -0.25) is 10.1 Å². The number of carbonyl (C=O) groups is 2. The van der Waals surface area contributed by atoms with Crippen molar-refractivity contribution in [3.8, 4) is 11.3 Å². The SMILES string of the molecule is O=C(Nc1nc(-c2ccc3ccccc3c2)cs1)c1ccc(F)c(F)c1C(=O)O. The molecule has 1 aromatic heterocycles. The highest BCUT2D eigenvalue weighted by atomic mass is 32.1. The van der Waals surface area contributed by atoms with Gasteiger partial charge in [0, 0.05) is 10.9 Å². The van der Waals surface area contributed by atoms with Gasteiger partial charge < -0.3 is 5.11 Å². The van der Waals surface area contributed by atoms with Crippen molar-refractivity contribution in [1.82, 2.24) is 4.98 Å². The number of carbonyl (C=O) groups excluding carboxylic acids is 1. The molecule has 144 valence electrons. The number of aromatic nitrogens is 1. The van der Waals surface area contributed by atoms with Gasteiger partial charge in [-0.1, -0.05) is 36.4 Å². The van der Waals surface area contributed by atoms with Gasteiger partial charge in [-0.25, -0.2) is 18.6 Å². The number of aromatic carboxylic acids is 1. The zero-order chi connectivity index (χ0) is 20.5. The molecule has 5 nitrogen and oxygen atoms in total. The molecule has 8 heteroatoms. The molecule has 1 heterocycles. The van der Waals surface area contributed by atoms with E-state index in [2.05, 4.69) is 10.3 Å². The summed E-state index contributed by atoms with van der Waals surface area (Å²) in [4.78, 5) is 28.0. The predicted octanol–water partition coefficient (Wildman–Crippen LogP) is 5.19. The van der Waals surface area contributed by atoms with Crippen LogP contribution < -0.4 is 5.32 Å². The number of carboxylic acid groups (broad SMARTS) is 1. The number of nitrogens with zero attached hydrogens (tertiary/aromatic N) is 1. The van der Waals surface area contributed by atoms with E-state index in [0.29, 0.717) is 11.8 Å². The van der Waals surface area contributed by atoms with Crippen LogP contribution >= 0.6 is 11.3 Å². The third-order valence-corrected chi connectivity index (χ3v) is 5.08. The molecule has 0 atom stereocenters. The predicted molar refractivity (Wildman–Crippen MR) is 106 cm³/mol. The molecular weight excluding hydrogens is 398 g/mol. The summed E-state index contributed by atoms with van der Waals surface area (Å²) in [5, 5.41) is 15.6. The van der Waals surface area contributed by atoms with E-state index in [1.54, 1.807) is 5.38 Å². The third-order valence-electron chi connectivity index (χ3n) is 4.32. The number of nitrogens with one attached hydrogen (secondary N) is 1. The number of fused-ring (bicyclic) bond motifs is 1. The van der Waals surface area contributed by atoms with E-state index in [9.17, 15) is 18.4 Å². The van der Waals surface area contributed by atoms with Gasteiger partial charge in [0.2, 0.25) is 0 Å². The van der Waals surface area contributed by atoms with Crippen LogP contribution in [0.25, 0.3) is 22.0 Å². The maximum Gasteiger partial charge on any atom is 0.339 e. The number of benzene rings is 3. The summed E-state index contributed by atoms with van der Waals surface area (Å²) >= 11 is 1.14. The van der Waals surface area contributed by atoms with Gasteiger partial charge in [0.1, 0.15) is 5.56 Å². The molecule has 29 heavy (non-hydrogen) atoms. The fourth-order valence-corrected chi connectivity index (χ4v) is 3.64. The normalized spacial score (nSPS) is 10.8. The van der Waals surface area contributed by atoms with Gasteiger partial charge in [0.05, 0.1) is 11.3 Å². The van der Waals surface area contributed by atoms with Crippen molar-refractivity contribution < 1.29 is 23.5 Å². The summed E-state index contributed by atoms with van der Waals surface area (Å²) in [6.45, 7) is 0. The Labute approximate surface area is 167 Å². The van der Waals surface area contributed by atoms with E-state index in [1.165, 1.54) is 0 Å². The molecule has 0 unspecified atom stereocenters. The molecule has 1 amide bonds. The van der Waals surface area contributed by atoms with E-state index < -0.39 is 34.6 Å². The first-order valence-corrected chi connectivity index (χ1v) is 9.29. The van der Waals surface area contributed by atoms with Crippen LogP contribution in [-0.4, -0.2) is 22.0 Å². The van der Waals surface area contributed by atoms with Crippen molar-refractivity contribution in [1.29, 1.82) is 0 Å². The Hall–Kier alpha value is -3.65. The van der Waals surface area contributed by atoms with Crippen LogP contribution in [0.2, 0.25) is 0 Å². The molecule has 3 aromatic carbocycles. The summed E-state index contributed by atoms with van der Waals surface area (Å²) in [5.41, 5.74) is -0.0352. The highest BCUT2D eigenvalue weighted by molar-refractivity contribution is 7.14. The van der Waals surface area contributed by atoms with E-state index >= 15 is 0 Å². The molecule has 0 saturated heterocycles. The van der Waals surface area contributed by atoms with E-state index in [4.69, 9.17) is 5.11 Å². The second-order valence-electron chi connectivity index (χ2n) is 6.14. The van der Waals surface area contributed by atoms with Crippen molar-refractivity contribution in [2.75, 3.05) is 5.32 Å². The molecular formula is C21H12F2N2O3S. The number of amides is 1. The minimum atomic E-state index is -1.73. The summed E-state index contributed by atoms with van der Waals surface area (Å²) in [6.07, 6.45) is 0. The zero-order valence-corrected chi connectivity index (χ0v) is 15.5. The summed E-state index contributed by atoms with van der Waals surface area (Å²) in [5.74, 6) is -5.54. The van der Waals surface area contributed by atoms with Crippen LogP contribution in [0.3, 0.4) is 0 Å². The Morgan fingerprint density at radius 2 is 1.76 bits per heavy atom. The largest absolute Gasteiger partial charge is 0.478 e. The second kappa shape index (κ2) is 7.40. The van der Waals surface area contributed by atoms with Gasteiger partial charge in [-0.2, -0.15) is 0 Å². The molecule has 0 radical (unpaired) electrons. The van der Waals surface area contributed by atoms with Crippen LogP contribution in [0.15, 0.2) is 60.0 Å². The van der Waals surface area contributed by atoms with Crippen LogP contribution in [-0.2, 0) is 0 Å². The average Bonchev–Trinajstić information content (AvgIpc) is 3.17. The Balaban J connectivity index is 1.62. The molecule has 0 aliphatic rings. The van der Waals surface area contributed by atoms with Gasteiger partial charge in [0.15, 0.2) is 16.8 Å². The van der Waals surface area contributed by atoms with E-state index in [0.717, 1.165) is 33.7 Å². The first kappa shape index (κ1) is 18.7. The minimum Gasteiger partial charge on any atom is -0.478 e.